The quantitative estimate of drug-likeness (QED) is 0.766. The highest BCUT2D eigenvalue weighted by atomic mass is 16.5. The molecule has 0 aliphatic rings. The molecule has 0 unspecified atom stereocenters. The van der Waals surface area contributed by atoms with Crippen LogP contribution in [0.25, 0.3) is 0 Å². The van der Waals surface area contributed by atoms with Crippen LogP contribution in [0.15, 0.2) is 36.4 Å². The van der Waals surface area contributed by atoms with Gasteiger partial charge in [0, 0.05) is 18.1 Å². The van der Waals surface area contributed by atoms with Crippen molar-refractivity contribution in [3.8, 4) is 17.2 Å². The Morgan fingerprint density at radius 2 is 1.59 bits per heavy atom. The summed E-state index contributed by atoms with van der Waals surface area (Å²) in [5.74, 6) is 1.50. The SMILES string of the molecule is COc1cc(OC)c(C(C)=O)c(OC)c1Cc1ccccc1. The molecule has 0 saturated carbocycles. The smallest absolute Gasteiger partial charge is 0.167 e. The first kappa shape index (κ1) is 15.9. The molecule has 2 aromatic rings. The zero-order valence-electron chi connectivity index (χ0n) is 13.3. The van der Waals surface area contributed by atoms with Crippen molar-refractivity contribution in [3.05, 3.63) is 53.1 Å². The van der Waals surface area contributed by atoms with Gasteiger partial charge < -0.3 is 14.2 Å². The van der Waals surface area contributed by atoms with Gasteiger partial charge in [-0.1, -0.05) is 30.3 Å². The van der Waals surface area contributed by atoms with Crippen LogP contribution in [0.3, 0.4) is 0 Å². The summed E-state index contributed by atoms with van der Waals surface area (Å²) >= 11 is 0. The molecule has 0 N–H and O–H groups in total. The molecule has 0 atom stereocenters. The van der Waals surface area contributed by atoms with Crippen LogP contribution >= 0.6 is 0 Å². The molecule has 22 heavy (non-hydrogen) atoms. The predicted octanol–water partition coefficient (Wildman–Crippen LogP) is 3.51. The Balaban J connectivity index is 2.64. The fourth-order valence-electron chi connectivity index (χ4n) is 2.52. The van der Waals surface area contributed by atoms with Crippen LogP contribution in [-0.4, -0.2) is 27.1 Å². The van der Waals surface area contributed by atoms with Gasteiger partial charge in [0.15, 0.2) is 5.78 Å². The molecule has 0 aliphatic carbocycles. The summed E-state index contributed by atoms with van der Waals surface area (Å²) in [6, 6.07) is 11.7. The third-order valence-corrected chi connectivity index (χ3v) is 3.53. The summed E-state index contributed by atoms with van der Waals surface area (Å²) in [6.45, 7) is 1.50. The molecule has 0 saturated heterocycles. The van der Waals surface area contributed by atoms with Crippen LogP contribution in [0.4, 0.5) is 0 Å². The second kappa shape index (κ2) is 6.98. The maximum Gasteiger partial charge on any atom is 0.167 e. The predicted molar refractivity (Wildman–Crippen MR) is 85.4 cm³/mol. The van der Waals surface area contributed by atoms with Crippen molar-refractivity contribution in [3.63, 3.8) is 0 Å². The lowest BCUT2D eigenvalue weighted by Gasteiger charge is -2.18. The van der Waals surface area contributed by atoms with Crippen LogP contribution in [0.2, 0.25) is 0 Å². The van der Waals surface area contributed by atoms with Gasteiger partial charge in [0.25, 0.3) is 0 Å². The molecule has 4 heteroatoms. The number of Topliss-reactive ketones (excluding diaryl/α,β-unsaturated/α-hetero) is 1. The lowest BCUT2D eigenvalue weighted by atomic mass is 9.97. The zero-order chi connectivity index (χ0) is 16.1. The number of carbonyl (C=O) groups excluding carboxylic acids is 1. The molecular formula is C18H20O4. The number of hydrogen-bond donors (Lipinski definition) is 0. The van der Waals surface area contributed by atoms with E-state index in [1.54, 1.807) is 20.3 Å². The highest BCUT2D eigenvalue weighted by Gasteiger charge is 2.23. The van der Waals surface area contributed by atoms with E-state index in [1.807, 2.05) is 30.3 Å². The monoisotopic (exact) mass is 300 g/mol. The zero-order valence-corrected chi connectivity index (χ0v) is 13.3. The standard InChI is InChI=1S/C18H20O4/c1-12(19)17-16(21-3)11-15(20-2)14(18(17)22-4)10-13-8-6-5-7-9-13/h5-9,11H,10H2,1-4H3. The van der Waals surface area contributed by atoms with E-state index in [4.69, 9.17) is 14.2 Å². The minimum Gasteiger partial charge on any atom is -0.496 e. The van der Waals surface area contributed by atoms with Crippen molar-refractivity contribution >= 4 is 5.78 Å². The highest BCUT2D eigenvalue weighted by Crippen LogP contribution is 2.40. The van der Waals surface area contributed by atoms with E-state index in [2.05, 4.69) is 0 Å². The largest absolute Gasteiger partial charge is 0.496 e. The highest BCUT2D eigenvalue weighted by molar-refractivity contribution is 6.00. The van der Waals surface area contributed by atoms with Gasteiger partial charge >= 0.3 is 0 Å². The molecule has 0 amide bonds. The molecule has 0 fully saturated rings. The van der Waals surface area contributed by atoms with Crippen molar-refractivity contribution in [2.75, 3.05) is 21.3 Å². The molecule has 0 bridgehead atoms. The van der Waals surface area contributed by atoms with E-state index in [-0.39, 0.29) is 5.78 Å². The molecule has 0 aliphatic heterocycles. The first-order valence-corrected chi connectivity index (χ1v) is 6.99. The van der Waals surface area contributed by atoms with Crippen molar-refractivity contribution in [1.29, 1.82) is 0 Å². The Hall–Kier alpha value is -2.49. The number of rotatable bonds is 6. The van der Waals surface area contributed by atoms with Crippen molar-refractivity contribution in [2.24, 2.45) is 0 Å². The van der Waals surface area contributed by atoms with Crippen LogP contribution in [-0.2, 0) is 6.42 Å². The van der Waals surface area contributed by atoms with E-state index >= 15 is 0 Å². The molecule has 0 heterocycles. The Bertz CT molecular complexity index is 663. The normalized spacial score (nSPS) is 10.2. The first-order chi connectivity index (χ1) is 10.6. The molecule has 4 nitrogen and oxygen atoms in total. The lowest BCUT2D eigenvalue weighted by molar-refractivity contribution is 0.101. The lowest BCUT2D eigenvalue weighted by Crippen LogP contribution is -2.07. The molecule has 0 spiro atoms. The Kier molecular flexibility index (Phi) is 5.04. The minimum atomic E-state index is -0.106. The average Bonchev–Trinajstić information content (AvgIpc) is 2.54. The molecular weight excluding hydrogens is 280 g/mol. The maximum atomic E-state index is 12.0. The molecule has 2 rings (SSSR count). The fourth-order valence-corrected chi connectivity index (χ4v) is 2.52. The number of hydrogen-bond acceptors (Lipinski definition) is 4. The van der Waals surface area contributed by atoms with E-state index < -0.39 is 0 Å². The van der Waals surface area contributed by atoms with Crippen molar-refractivity contribution < 1.29 is 19.0 Å². The number of methoxy groups -OCH3 is 3. The summed E-state index contributed by atoms with van der Waals surface area (Å²) < 4.78 is 16.3. The summed E-state index contributed by atoms with van der Waals surface area (Å²) in [4.78, 5) is 12.0. The minimum absolute atomic E-state index is 0.106. The van der Waals surface area contributed by atoms with Crippen LogP contribution in [0, 0.1) is 0 Å². The first-order valence-electron chi connectivity index (χ1n) is 6.99. The van der Waals surface area contributed by atoms with E-state index in [9.17, 15) is 4.79 Å². The van der Waals surface area contributed by atoms with Gasteiger partial charge in [-0.3, -0.25) is 4.79 Å². The molecule has 0 radical (unpaired) electrons. The summed E-state index contributed by atoms with van der Waals surface area (Å²) in [5, 5.41) is 0. The van der Waals surface area contributed by atoms with E-state index in [0.29, 0.717) is 29.2 Å². The van der Waals surface area contributed by atoms with Gasteiger partial charge in [-0.25, -0.2) is 0 Å². The van der Waals surface area contributed by atoms with Gasteiger partial charge in [0.05, 0.1) is 21.3 Å². The molecule has 116 valence electrons. The Morgan fingerprint density at radius 1 is 0.955 bits per heavy atom. The molecule has 0 aromatic heterocycles. The van der Waals surface area contributed by atoms with Crippen LogP contribution in [0.1, 0.15) is 28.4 Å². The van der Waals surface area contributed by atoms with Crippen LogP contribution in [0.5, 0.6) is 17.2 Å². The Morgan fingerprint density at radius 3 is 2.09 bits per heavy atom. The Labute approximate surface area is 130 Å². The number of ether oxygens (including phenoxy) is 3. The summed E-state index contributed by atoms with van der Waals surface area (Å²) in [6.07, 6.45) is 0.609. The van der Waals surface area contributed by atoms with Gasteiger partial charge in [0.1, 0.15) is 22.8 Å². The van der Waals surface area contributed by atoms with Crippen molar-refractivity contribution in [2.45, 2.75) is 13.3 Å². The topological polar surface area (TPSA) is 44.8 Å². The van der Waals surface area contributed by atoms with E-state index in [0.717, 1.165) is 11.1 Å². The fraction of sp³-hybridized carbons (Fsp3) is 0.278. The van der Waals surface area contributed by atoms with Crippen LogP contribution < -0.4 is 14.2 Å². The maximum absolute atomic E-state index is 12.0. The molecule has 2 aromatic carbocycles. The number of ketones is 1. The average molecular weight is 300 g/mol. The van der Waals surface area contributed by atoms with Gasteiger partial charge in [-0.15, -0.1) is 0 Å². The third-order valence-electron chi connectivity index (χ3n) is 3.53. The summed E-state index contributed by atoms with van der Waals surface area (Å²) in [5.41, 5.74) is 2.39. The van der Waals surface area contributed by atoms with Crippen molar-refractivity contribution in [1.82, 2.24) is 0 Å². The number of benzene rings is 2. The summed E-state index contributed by atoms with van der Waals surface area (Å²) in [7, 11) is 4.67. The van der Waals surface area contributed by atoms with E-state index in [1.165, 1.54) is 14.0 Å². The number of carbonyl (C=O) groups is 1. The second-order valence-corrected chi connectivity index (χ2v) is 4.89. The van der Waals surface area contributed by atoms with Gasteiger partial charge in [-0.2, -0.15) is 0 Å². The van der Waals surface area contributed by atoms with Gasteiger partial charge in [-0.05, 0) is 12.5 Å². The third kappa shape index (κ3) is 3.06. The van der Waals surface area contributed by atoms with Gasteiger partial charge in [0.2, 0.25) is 0 Å². The second-order valence-electron chi connectivity index (χ2n) is 4.89.